The summed E-state index contributed by atoms with van der Waals surface area (Å²) in [7, 11) is 0. The first kappa shape index (κ1) is 24.7. The second kappa shape index (κ2) is 10.9. The minimum Gasteiger partial charge on any atom is -0.330 e. The van der Waals surface area contributed by atoms with Crippen molar-refractivity contribution in [3.05, 3.63) is 105 Å². The van der Waals surface area contributed by atoms with Gasteiger partial charge in [-0.05, 0) is 68.3 Å². The van der Waals surface area contributed by atoms with Crippen molar-refractivity contribution in [1.82, 2.24) is 19.1 Å². The Hall–Kier alpha value is -3.42. The van der Waals surface area contributed by atoms with Crippen molar-refractivity contribution in [2.75, 3.05) is 13.1 Å². The summed E-state index contributed by atoms with van der Waals surface area (Å²) in [5.74, 6) is -0.120. The van der Waals surface area contributed by atoms with E-state index in [0.717, 1.165) is 17.0 Å². The molecule has 0 aliphatic carbocycles. The van der Waals surface area contributed by atoms with Gasteiger partial charge in [-0.1, -0.05) is 48.9 Å². The number of hydrogen-bond acceptors (Lipinski definition) is 4. The summed E-state index contributed by atoms with van der Waals surface area (Å²) < 4.78 is 3.16. The van der Waals surface area contributed by atoms with Crippen LogP contribution < -0.4 is 11.4 Å². The summed E-state index contributed by atoms with van der Waals surface area (Å²) in [6.45, 7) is 5.19. The van der Waals surface area contributed by atoms with Gasteiger partial charge in [-0.2, -0.15) is 9.61 Å². The van der Waals surface area contributed by atoms with E-state index in [1.165, 1.54) is 4.52 Å². The average molecular weight is 492 g/mol. The van der Waals surface area contributed by atoms with Gasteiger partial charge in [0.1, 0.15) is 0 Å². The highest BCUT2D eigenvalue weighted by Crippen LogP contribution is 2.28. The topological polar surface area (TPSA) is 85.6 Å². The summed E-state index contributed by atoms with van der Waals surface area (Å²) in [5, 5.41) is 4.97. The van der Waals surface area contributed by atoms with Gasteiger partial charge >= 0.3 is 5.69 Å². The Bertz CT molecular complexity index is 1360. The maximum atomic E-state index is 13.7. The highest BCUT2D eigenvalue weighted by Gasteiger charge is 2.28. The summed E-state index contributed by atoms with van der Waals surface area (Å²) in [4.78, 5) is 29.1. The SMILES string of the molecule is CCC(c1cc2cc(C)nn2c(=O)n1Cc1ccccc1)N(CCCN)C(=O)c1ccc(Cl)cc1. The first-order chi connectivity index (χ1) is 16.9. The highest BCUT2D eigenvalue weighted by atomic mass is 35.5. The molecule has 0 saturated heterocycles. The molecule has 8 heteroatoms. The minimum absolute atomic E-state index is 0.120. The summed E-state index contributed by atoms with van der Waals surface area (Å²) in [6, 6.07) is 20.2. The van der Waals surface area contributed by atoms with E-state index in [1.807, 2.05) is 61.2 Å². The first-order valence-electron chi connectivity index (χ1n) is 11.8. The second-order valence-corrected chi connectivity index (χ2v) is 9.05. The van der Waals surface area contributed by atoms with Gasteiger partial charge in [0.05, 0.1) is 23.8 Å². The van der Waals surface area contributed by atoms with Crippen LogP contribution in [0.1, 0.15) is 53.1 Å². The molecule has 1 amide bonds. The van der Waals surface area contributed by atoms with E-state index >= 15 is 0 Å². The molecule has 1 unspecified atom stereocenters. The Balaban J connectivity index is 1.86. The molecule has 0 fully saturated rings. The molecule has 0 saturated carbocycles. The zero-order valence-corrected chi connectivity index (χ0v) is 20.8. The van der Waals surface area contributed by atoms with Gasteiger partial charge in [0.15, 0.2) is 0 Å². The van der Waals surface area contributed by atoms with Crippen LogP contribution in [0.3, 0.4) is 0 Å². The van der Waals surface area contributed by atoms with Gasteiger partial charge in [-0.25, -0.2) is 4.79 Å². The molecule has 0 bridgehead atoms. The van der Waals surface area contributed by atoms with Crippen molar-refractivity contribution in [2.24, 2.45) is 5.73 Å². The van der Waals surface area contributed by atoms with Gasteiger partial charge in [0, 0.05) is 22.8 Å². The Morgan fingerprint density at radius 1 is 1.11 bits per heavy atom. The van der Waals surface area contributed by atoms with Crippen LogP contribution in [0.2, 0.25) is 5.02 Å². The van der Waals surface area contributed by atoms with Gasteiger partial charge in [0.25, 0.3) is 5.91 Å². The van der Waals surface area contributed by atoms with Gasteiger partial charge in [-0.15, -0.1) is 0 Å². The molecule has 4 rings (SSSR count). The number of carbonyl (C=O) groups is 1. The largest absolute Gasteiger partial charge is 0.349 e. The van der Waals surface area contributed by atoms with Crippen molar-refractivity contribution >= 4 is 23.0 Å². The zero-order valence-electron chi connectivity index (χ0n) is 20.0. The van der Waals surface area contributed by atoms with Gasteiger partial charge < -0.3 is 10.6 Å². The molecule has 2 aromatic carbocycles. The number of nitrogens with two attached hydrogens (primary N) is 1. The van der Waals surface area contributed by atoms with Crippen molar-refractivity contribution < 1.29 is 4.79 Å². The lowest BCUT2D eigenvalue weighted by Crippen LogP contribution is -2.40. The number of halogens is 1. The molecule has 4 aromatic rings. The molecule has 2 N–H and O–H groups in total. The number of rotatable bonds is 9. The Kier molecular flexibility index (Phi) is 7.68. The van der Waals surface area contributed by atoms with E-state index < -0.39 is 0 Å². The molecule has 2 aromatic heterocycles. The quantitative estimate of drug-likeness (QED) is 0.375. The number of benzene rings is 2. The molecule has 0 aliphatic rings. The number of hydrogen-bond donors (Lipinski definition) is 1. The van der Waals surface area contributed by atoms with E-state index in [2.05, 4.69) is 5.10 Å². The van der Waals surface area contributed by atoms with Crippen LogP contribution in [0.4, 0.5) is 0 Å². The van der Waals surface area contributed by atoms with E-state index in [-0.39, 0.29) is 17.6 Å². The Morgan fingerprint density at radius 2 is 1.83 bits per heavy atom. The predicted molar refractivity (Wildman–Crippen MR) is 139 cm³/mol. The molecule has 2 heterocycles. The van der Waals surface area contributed by atoms with Crippen LogP contribution in [-0.2, 0) is 6.54 Å². The van der Waals surface area contributed by atoms with Crippen LogP contribution in [-0.4, -0.2) is 38.1 Å². The van der Waals surface area contributed by atoms with Crippen LogP contribution in [0.15, 0.2) is 71.5 Å². The molecular formula is C27H30ClN5O2. The first-order valence-corrected chi connectivity index (χ1v) is 12.2. The zero-order chi connectivity index (χ0) is 24.9. The molecule has 182 valence electrons. The molecule has 1 atom stereocenters. The number of aryl methyl sites for hydroxylation is 1. The molecule has 0 aliphatic heterocycles. The summed E-state index contributed by atoms with van der Waals surface area (Å²) >= 11 is 6.05. The van der Waals surface area contributed by atoms with E-state index in [4.69, 9.17) is 17.3 Å². The van der Waals surface area contributed by atoms with Crippen LogP contribution in [0.25, 0.3) is 5.52 Å². The normalized spacial score (nSPS) is 12.1. The standard InChI is InChI=1S/C27H30ClN5O2/c1-3-24(31(15-7-14-29)26(34)21-10-12-22(28)13-11-21)25-17-23-16-19(2)30-33(23)27(35)32(25)18-20-8-5-4-6-9-20/h4-6,8-13,16-17,24H,3,7,14-15,18,29H2,1-2H3. The minimum atomic E-state index is -0.332. The van der Waals surface area contributed by atoms with Crippen LogP contribution >= 0.6 is 11.6 Å². The van der Waals surface area contributed by atoms with E-state index in [9.17, 15) is 9.59 Å². The smallest absolute Gasteiger partial charge is 0.330 e. The third-order valence-corrected chi connectivity index (χ3v) is 6.37. The maximum absolute atomic E-state index is 13.7. The number of aromatic nitrogens is 3. The average Bonchev–Trinajstić information content (AvgIpc) is 3.25. The van der Waals surface area contributed by atoms with Crippen molar-refractivity contribution in [3.63, 3.8) is 0 Å². The van der Waals surface area contributed by atoms with Crippen molar-refractivity contribution in [1.29, 1.82) is 0 Å². The third kappa shape index (κ3) is 5.31. The van der Waals surface area contributed by atoms with Crippen molar-refractivity contribution in [2.45, 2.75) is 39.3 Å². The number of amides is 1. The van der Waals surface area contributed by atoms with Gasteiger partial charge in [0.2, 0.25) is 0 Å². The number of carbonyl (C=O) groups excluding carboxylic acids is 1. The fourth-order valence-electron chi connectivity index (χ4n) is 4.44. The maximum Gasteiger partial charge on any atom is 0.349 e. The van der Waals surface area contributed by atoms with Crippen LogP contribution in [0, 0.1) is 6.92 Å². The summed E-state index contributed by atoms with van der Waals surface area (Å²) in [5.41, 5.74) is 9.38. The predicted octanol–water partition coefficient (Wildman–Crippen LogP) is 4.45. The molecule has 7 nitrogen and oxygen atoms in total. The lowest BCUT2D eigenvalue weighted by molar-refractivity contribution is 0.0660. The number of nitrogens with zero attached hydrogens (tertiary/aromatic N) is 4. The second-order valence-electron chi connectivity index (χ2n) is 8.62. The monoisotopic (exact) mass is 491 g/mol. The Morgan fingerprint density at radius 3 is 2.49 bits per heavy atom. The summed E-state index contributed by atoms with van der Waals surface area (Å²) in [6.07, 6.45) is 1.27. The van der Waals surface area contributed by atoms with E-state index in [0.29, 0.717) is 48.6 Å². The molecular weight excluding hydrogens is 462 g/mol. The third-order valence-electron chi connectivity index (χ3n) is 6.12. The number of fused-ring (bicyclic) bond motifs is 1. The lowest BCUT2D eigenvalue weighted by atomic mass is 10.0. The molecule has 35 heavy (non-hydrogen) atoms. The molecule has 0 spiro atoms. The van der Waals surface area contributed by atoms with Gasteiger partial charge in [-0.3, -0.25) is 9.36 Å². The molecule has 0 radical (unpaired) electrons. The van der Waals surface area contributed by atoms with Crippen molar-refractivity contribution in [3.8, 4) is 0 Å². The fourth-order valence-corrected chi connectivity index (χ4v) is 4.56. The lowest BCUT2D eigenvalue weighted by Gasteiger charge is -2.33. The highest BCUT2D eigenvalue weighted by molar-refractivity contribution is 6.30. The van der Waals surface area contributed by atoms with Crippen LogP contribution in [0.5, 0.6) is 0 Å². The van der Waals surface area contributed by atoms with E-state index in [1.54, 1.807) is 28.8 Å². The fraction of sp³-hybridized carbons (Fsp3) is 0.296. The Labute approximate surface area is 209 Å².